The van der Waals surface area contributed by atoms with Gasteiger partial charge in [0.25, 0.3) is 11.8 Å². The Labute approximate surface area is 198 Å². The Morgan fingerprint density at radius 2 is 1.74 bits per heavy atom. The Hall–Kier alpha value is -4.01. The zero-order chi connectivity index (χ0) is 24.5. The molecule has 1 aliphatic heterocycles. The van der Waals surface area contributed by atoms with Crippen molar-refractivity contribution >= 4 is 29.5 Å². The van der Waals surface area contributed by atoms with E-state index in [1.54, 1.807) is 36.1 Å². The second kappa shape index (κ2) is 11.7. The fraction of sp³-hybridized carbons (Fsp3) is 0.320. The third-order valence-electron chi connectivity index (χ3n) is 5.32. The predicted molar refractivity (Wildman–Crippen MR) is 128 cm³/mol. The number of carbonyl (C=O) groups excluding carboxylic acids is 3. The number of hydrogen-bond acceptors (Lipinski definition) is 7. The van der Waals surface area contributed by atoms with Crippen molar-refractivity contribution in [1.29, 1.82) is 0 Å². The van der Waals surface area contributed by atoms with Gasteiger partial charge in [0.2, 0.25) is 0 Å². The normalized spacial score (nSPS) is 14.5. The van der Waals surface area contributed by atoms with Gasteiger partial charge in [0.1, 0.15) is 0 Å². The Morgan fingerprint density at radius 3 is 2.38 bits per heavy atom. The molecule has 1 heterocycles. The monoisotopic (exact) mass is 467 g/mol. The highest BCUT2D eigenvalue weighted by atomic mass is 16.5. The molecule has 2 amide bonds. The number of anilines is 1. The number of nitrogens with two attached hydrogens (primary N) is 1. The van der Waals surface area contributed by atoms with E-state index in [4.69, 9.17) is 19.9 Å². The molecule has 0 aromatic heterocycles. The van der Waals surface area contributed by atoms with E-state index in [9.17, 15) is 14.4 Å². The molecule has 1 atom stereocenters. The van der Waals surface area contributed by atoms with E-state index in [0.29, 0.717) is 30.2 Å². The van der Waals surface area contributed by atoms with Gasteiger partial charge in [-0.1, -0.05) is 24.3 Å². The average molecular weight is 468 g/mol. The number of methoxy groups -OCH3 is 1. The first-order valence-corrected chi connectivity index (χ1v) is 10.9. The smallest absolute Gasteiger partial charge is 0.331 e. The van der Waals surface area contributed by atoms with Crippen molar-refractivity contribution in [3.63, 3.8) is 0 Å². The van der Waals surface area contributed by atoms with Crippen molar-refractivity contribution in [2.75, 3.05) is 44.8 Å². The number of hydrogen-bond donors (Lipinski definition) is 1. The van der Waals surface area contributed by atoms with Crippen LogP contribution in [0, 0.1) is 0 Å². The number of rotatable bonds is 9. The van der Waals surface area contributed by atoms with Crippen molar-refractivity contribution < 1.29 is 28.6 Å². The molecule has 1 unspecified atom stereocenters. The molecule has 2 aromatic carbocycles. The summed E-state index contributed by atoms with van der Waals surface area (Å²) in [5.41, 5.74) is 6.86. The van der Waals surface area contributed by atoms with Crippen LogP contribution in [0.1, 0.15) is 12.5 Å². The molecule has 2 N–H and O–H groups in total. The SMILES string of the molecule is COc1cc(/C=C/C(=O)OC(C)C(=O)N2CCN(c3ccccc3)CC2)ccc1OCC(N)=O. The number of benzene rings is 2. The first-order valence-electron chi connectivity index (χ1n) is 10.9. The predicted octanol–water partition coefficient (Wildman–Crippen LogP) is 1.85. The van der Waals surface area contributed by atoms with Gasteiger partial charge in [0.05, 0.1) is 7.11 Å². The number of carbonyl (C=O) groups is 3. The third kappa shape index (κ3) is 6.74. The molecule has 0 aliphatic carbocycles. The number of ether oxygens (including phenoxy) is 3. The van der Waals surface area contributed by atoms with E-state index < -0.39 is 18.0 Å². The zero-order valence-corrected chi connectivity index (χ0v) is 19.3. The maximum atomic E-state index is 12.7. The van der Waals surface area contributed by atoms with Gasteiger partial charge in [-0.25, -0.2) is 4.79 Å². The summed E-state index contributed by atoms with van der Waals surface area (Å²) in [7, 11) is 1.46. The lowest BCUT2D eigenvalue weighted by Crippen LogP contribution is -2.51. The van der Waals surface area contributed by atoms with Crippen LogP contribution in [0.15, 0.2) is 54.6 Å². The number of nitrogens with zero attached hydrogens (tertiary/aromatic N) is 2. The minimum absolute atomic E-state index is 0.216. The van der Waals surface area contributed by atoms with E-state index in [2.05, 4.69) is 4.90 Å². The molecular formula is C25H29N3O6. The molecular weight excluding hydrogens is 438 g/mol. The summed E-state index contributed by atoms with van der Waals surface area (Å²) in [6.45, 7) is 3.87. The Balaban J connectivity index is 1.50. The standard InChI is InChI=1S/C25H29N3O6/c1-18(25(31)28-14-12-27(13-15-28)20-6-4-3-5-7-20)34-24(30)11-9-19-8-10-21(22(16-19)32-2)33-17-23(26)29/h3-11,16,18H,12-15,17H2,1-2H3,(H2,26,29)/b11-9+. The van der Waals surface area contributed by atoms with E-state index >= 15 is 0 Å². The van der Waals surface area contributed by atoms with Crippen LogP contribution in [0.2, 0.25) is 0 Å². The summed E-state index contributed by atoms with van der Waals surface area (Å²) >= 11 is 0. The quantitative estimate of drug-likeness (QED) is 0.443. The van der Waals surface area contributed by atoms with Crippen LogP contribution in [0.3, 0.4) is 0 Å². The minimum Gasteiger partial charge on any atom is -0.493 e. The summed E-state index contributed by atoms with van der Waals surface area (Å²) in [5.74, 6) is -0.707. The van der Waals surface area contributed by atoms with E-state index in [0.717, 1.165) is 18.8 Å². The highest BCUT2D eigenvalue weighted by molar-refractivity contribution is 5.90. The minimum atomic E-state index is -0.889. The van der Waals surface area contributed by atoms with Gasteiger partial charge >= 0.3 is 5.97 Å². The maximum Gasteiger partial charge on any atom is 0.331 e. The van der Waals surface area contributed by atoms with Gasteiger partial charge in [0, 0.05) is 37.9 Å². The van der Waals surface area contributed by atoms with Crippen LogP contribution in [-0.4, -0.2) is 68.7 Å². The molecule has 34 heavy (non-hydrogen) atoms. The lowest BCUT2D eigenvalue weighted by atomic mass is 10.2. The molecule has 1 saturated heterocycles. The first kappa shape index (κ1) is 24.6. The summed E-state index contributed by atoms with van der Waals surface area (Å²) in [5, 5.41) is 0. The second-order valence-electron chi connectivity index (χ2n) is 7.73. The van der Waals surface area contributed by atoms with E-state index in [1.807, 2.05) is 30.3 Å². The van der Waals surface area contributed by atoms with Gasteiger partial charge in [-0.3, -0.25) is 9.59 Å². The number of piperazine rings is 1. The topological polar surface area (TPSA) is 111 Å². The Bertz CT molecular complexity index is 1030. The summed E-state index contributed by atoms with van der Waals surface area (Å²) in [4.78, 5) is 39.8. The summed E-state index contributed by atoms with van der Waals surface area (Å²) < 4.78 is 15.8. The molecule has 2 aromatic rings. The highest BCUT2D eigenvalue weighted by Gasteiger charge is 2.26. The fourth-order valence-corrected chi connectivity index (χ4v) is 3.57. The van der Waals surface area contributed by atoms with Crippen LogP contribution in [0.4, 0.5) is 5.69 Å². The first-order chi connectivity index (χ1) is 16.4. The molecule has 0 saturated carbocycles. The van der Waals surface area contributed by atoms with Crippen LogP contribution < -0.4 is 20.1 Å². The van der Waals surface area contributed by atoms with Crippen LogP contribution in [0.25, 0.3) is 6.08 Å². The molecule has 9 nitrogen and oxygen atoms in total. The maximum absolute atomic E-state index is 12.7. The van der Waals surface area contributed by atoms with Crippen LogP contribution in [-0.2, 0) is 19.1 Å². The molecule has 3 rings (SSSR count). The van der Waals surface area contributed by atoms with Crippen molar-refractivity contribution in [3.8, 4) is 11.5 Å². The molecule has 1 aliphatic rings. The largest absolute Gasteiger partial charge is 0.493 e. The van der Waals surface area contributed by atoms with Gasteiger partial charge < -0.3 is 29.7 Å². The molecule has 1 fully saturated rings. The van der Waals surface area contributed by atoms with Gasteiger partial charge in [0.15, 0.2) is 24.2 Å². The number of amides is 2. The number of para-hydroxylation sites is 1. The molecule has 0 spiro atoms. The Morgan fingerprint density at radius 1 is 1.03 bits per heavy atom. The van der Waals surface area contributed by atoms with Gasteiger partial charge in [-0.2, -0.15) is 0 Å². The lowest BCUT2D eigenvalue weighted by molar-refractivity contribution is -0.155. The fourth-order valence-electron chi connectivity index (χ4n) is 3.57. The summed E-state index contributed by atoms with van der Waals surface area (Å²) in [6.07, 6.45) is 1.90. The summed E-state index contributed by atoms with van der Waals surface area (Å²) in [6, 6.07) is 15.0. The van der Waals surface area contributed by atoms with Crippen molar-refractivity contribution in [3.05, 3.63) is 60.2 Å². The highest BCUT2D eigenvalue weighted by Crippen LogP contribution is 2.28. The molecule has 0 bridgehead atoms. The molecule has 9 heteroatoms. The number of esters is 1. The lowest BCUT2D eigenvalue weighted by Gasteiger charge is -2.36. The second-order valence-corrected chi connectivity index (χ2v) is 7.73. The number of primary amides is 1. The Kier molecular flexibility index (Phi) is 8.50. The van der Waals surface area contributed by atoms with E-state index in [-0.39, 0.29) is 12.5 Å². The average Bonchev–Trinajstić information content (AvgIpc) is 2.86. The van der Waals surface area contributed by atoms with Gasteiger partial charge in [-0.15, -0.1) is 0 Å². The van der Waals surface area contributed by atoms with Crippen molar-refractivity contribution in [2.24, 2.45) is 5.73 Å². The molecule has 0 radical (unpaired) electrons. The van der Waals surface area contributed by atoms with Crippen LogP contribution in [0.5, 0.6) is 11.5 Å². The van der Waals surface area contributed by atoms with Gasteiger partial charge in [-0.05, 0) is 42.8 Å². The van der Waals surface area contributed by atoms with Crippen molar-refractivity contribution in [2.45, 2.75) is 13.0 Å². The van der Waals surface area contributed by atoms with Crippen LogP contribution >= 0.6 is 0 Å². The third-order valence-corrected chi connectivity index (χ3v) is 5.32. The molecule has 180 valence electrons. The van der Waals surface area contributed by atoms with E-state index in [1.165, 1.54) is 13.2 Å². The zero-order valence-electron chi connectivity index (χ0n) is 19.3. The van der Waals surface area contributed by atoms with Crippen molar-refractivity contribution in [1.82, 2.24) is 4.90 Å².